The molecule has 2 aromatic carbocycles. The van der Waals surface area contributed by atoms with Gasteiger partial charge in [0.1, 0.15) is 11.6 Å². The van der Waals surface area contributed by atoms with Crippen LogP contribution in [0.4, 0.5) is 4.39 Å². The number of fused-ring (bicyclic) bond motifs is 1. The van der Waals surface area contributed by atoms with Crippen molar-refractivity contribution in [2.45, 2.75) is 57.3 Å². The van der Waals surface area contributed by atoms with E-state index in [9.17, 15) is 0 Å². The largest absolute Gasteiger partial charge is 0.497 e. The Balaban J connectivity index is 1.42. The van der Waals surface area contributed by atoms with Crippen LogP contribution in [0.3, 0.4) is 0 Å². The summed E-state index contributed by atoms with van der Waals surface area (Å²) in [6, 6.07) is 13.7. The van der Waals surface area contributed by atoms with Crippen LogP contribution in [-0.2, 0) is 0 Å². The normalized spacial score (nSPS) is 26.6. The summed E-state index contributed by atoms with van der Waals surface area (Å²) in [5, 5.41) is 0. The van der Waals surface area contributed by atoms with Gasteiger partial charge in [0, 0.05) is 0 Å². The third-order valence-electron chi connectivity index (χ3n) is 7.36. The second-order valence-corrected chi connectivity index (χ2v) is 9.04. The van der Waals surface area contributed by atoms with E-state index in [2.05, 4.69) is 18.7 Å². The summed E-state index contributed by atoms with van der Waals surface area (Å²) < 4.78 is 20.3. The zero-order valence-electron chi connectivity index (χ0n) is 17.6. The molecule has 4 unspecified atom stereocenters. The van der Waals surface area contributed by atoms with Crippen molar-refractivity contribution in [1.29, 1.82) is 0 Å². The molecule has 0 bridgehead atoms. The highest BCUT2D eigenvalue weighted by Gasteiger charge is 2.36. The van der Waals surface area contributed by atoms with Gasteiger partial charge in [-0.2, -0.15) is 0 Å². The fourth-order valence-corrected chi connectivity index (χ4v) is 5.71. The maximum Gasteiger partial charge on any atom is 0.127 e. The van der Waals surface area contributed by atoms with Gasteiger partial charge in [-0.15, -0.1) is 6.58 Å². The molecule has 0 N–H and O–H groups in total. The monoisotopic (exact) mass is 392 g/mol. The predicted octanol–water partition coefficient (Wildman–Crippen LogP) is 7.77. The Morgan fingerprint density at radius 1 is 0.966 bits per heavy atom. The van der Waals surface area contributed by atoms with Crippen LogP contribution in [0, 0.1) is 23.6 Å². The molecule has 0 amide bonds. The van der Waals surface area contributed by atoms with Crippen LogP contribution in [0.15, 0.2) is 55.1 Å². The SMILES string of the molecule is C=CCCC1CCC2CC(c3ccc(-c4ccc(OC)cc4)cc3F)CCC2C1. The summed E-state index contributed by atoms with van der Waals surface area (Å²) in [5.41, 5.74) is 2.89. The van der Waals surface area contributed by atoms with Gasteiger partial charge in [-0.25, -0.2) is 4.39 Å². The quantitative estimate of drug-likeness (QED) is 0.456. The van der Waals surface area contributed by atoms with E-state index in [4.69, 9.17) is 4.74 Å². The van der Waals surface area contributed by atoms with E-state index in [-0.39, 0.29) is 5.82 Å². The molecule has 2 saturated carbocycles. The molecule has 0 aliphatic heterocycles. The maximum atomic E-state index is 15.1. The van der Waals surface area contributed by atoms with Gasteiger partial charge in [-0.05, 0) is 104 Å². The average molecular weight is 393 g/mol. The maximum absolute atomic E-state index is 15.1. The fourth-order valence-electron chi connectivity index (χ4n) is 5.71. The molecule has 29 heavy (non-hydrogen) atoms. The molecule has 0 radical (unpaired) electrons. The van der Waals surface area contributed by atoms with Crippen molar-refractivity contribution >= 4 is 0 Å². The topological polar surface area (TPSA) is 9.23 Å². The van der Waals surface area contributed by atoms with Crippen molar-refractivity contribution in [3.63, 3.8) is 0 Å². The Labute approximate surface area is 175 Å². The van der Waals surface area contributed by atoms with Crippen molar-refractivity contribution in [2.24, 2.45) is 17.8 Å². The Morgan fingerprint density at radius 2 is 1.69 bits per heavy atom. The first-order valence-corrected chi connectivity index (χ1v) is 11.2. The molecule has 2 heteroatoms. The Morgan fingerprint density at radius 3 is 2.41 bits per heavy atom. The lowest BCUT2D eigenvalue weighted by Gasteiger charge is -2.42. The molecule has 0 saturated heterocycles. The smallest absolute Gasteiger partial charge is 0.127 e. The van der Waals surface area contributed by atoms with Gasteiger partial charge in [0.2, 0.25) is 0 Å². The molecule has 4 rings (SSSR count). The minimum atomic E-state index is -0.0403. The van der Waals surface area contributed by atoms with Gasteiger partial charge in [0.15, 0.2) is 0 Å². The van der Waals surface area contributed by atoms with Crippen molar-refractivity contribution in [2.75, 3.05) is 7.11 Å². The molecular formula is C27H33FO. The highest BCUT2D eigenvalue weighted by molar-refractivity contribution is 5.64. The summed E-state index contributed by atoms with van der Waals surface area (Å²) in [7, 11) is 1.66. The molecule has 0 spiro atoms. The van der Waals surface area contributed by atoms with E-state index in [1.165, 1.54) is 32.1 Å². The highest BCUT2D eigenvalue weighted by atomic mass is 19.1. The summed E-state index contributed by atoms with van der Waals surface area (Å²) in [6.45, 7) is 3.87. The number of hydrogen-bond donors (Lipinski definition) is 0. The predicted molar refractivity (Wildman–Crippen MR) is 119 cm³/mol. The van der Waals surface area contributed by atoms with Crippen molar-refractivity contribution < 1.29 is 9.13 Å². The van der Waals surface area contributed by atoms with Crippen LogP contribution in [0.1, 0.15) is 62.8 Å². The number of hydrogen-bond acceptors (Lipinski definition) is 1. The zero-order valence-corrected chi connectivity index (χ0v) is 17.6. The number of halogens is 1. The number of allylic oxidation sites excluding steroid dienone is 1. The van der Waals surface area contributed by atoms with Crippen LogP contribution in [0.25, 0.3) is 11.1 Å². The van der Waals surface area contributed by atoms with Crippen LogP contribution >= 0.6 is 0 Å². The van der Waals surface area contributed by atoms with Crippen LogP contribution in [0.5, 0.6) is 5.75 Å². The summed E-state index contributed by atoms with van der Waals surface area (Å²) in [5.74, 6) is 3.69. The van der Waals surface area contributed by atoms with Gasteiger partial charge in [0.25, 0.3) is 0 Å². The second kappa shape index (κ2) is 9.15. The van der Waals surface area contributed by atoms with E-state index in [0.717, 1.165) is 59.5 Å². The molecular weight excluding hydrogens is 359 g/mol. The van der Waals surface area contributed by atoms with Crippen LogP contribution in [-0.4, -0.2) is 7.11 Å². The first-order valence-electron chi connectivity index (χ1n) is 11.2. The van der Waals surface area contributed by atoms with E-state index in [1.807, 2.05) is 30.3 Å². The molecule has 2 fully saturated rings. The molecule has 2 aliphatic rings. The lowest BCUT2D eigenvalue weighted by Crippen LogP contribution is -2.30. The molecule has 154 valence electrons. The number of benzene rings is 2. The first kappa shape index (κ1) is 20.2. The Hall–Kier alpha value is -2.09. The van der Waals surface area contributed by atoms with Crippen LogP contribution in [0.2, 0.25) is 0 Å². The molecule has 0 aromatic heterocycles. The van der Waals surface area contributed by atoms with Crippen LogP contribution < -0.4 is 4.74 Å². The van der Waals surface area contributed by atoms with Crippen molar-refractivity contribution in [3.8, 4) is 16.9 Å². The number of ether oxygens (including phenoxy) is 1. The molecule has 1 nitrogen and oxygen atoms in total. The molecule has 2 aliphatic carbocycles. The van der Waals surface area contributed by atoms with E-state index < -0.39 is 0 Å². The highest BCUT2D eigenvalue weighted by Crippen LogP contribution is 2.48. The number of methoxy groups -OCH3 is 1. The van der Waals surface area contributed by atoms with Gasteiger partial charge in [-0.1, -0.05) is 36.8 Å². The van der Waals surface area contributed by atoms with Gasteiger partial charge < -0.3 is 4.74 Å². The minimum absolute atomic E-state index is 0.0403. The van der Waals surface area contributed by atoms with Gasteiger partial charge in [-0.3, -0.25) is 0 Å². The first-order chi connectivity index (χ1) is 14.2. The number of rotatable bonds is 6. The van der Waals surface area contributed by atoms with E-state index >= 15 is 4.39 Å². The van der Waals surface area contributed by atoms with Gasteiger partial charge in [0.05, 0.1) is 7.11 Å². The third kappa shape index (κ3) is 4.57. The summed E-state index contributed by atoms with van der Waals surface area (Å²) in [4.78, 5) is 0. The second-order valence-electron chi connectivity index (χ2n) is 9.04. The Kier molecular flexibility index (Phi) is 6.37. The molecule has 0 heterocycles. The zero-order chi connectivity index (χ0) is 20.2. The Bertz CT molecular complexity index is 825. The summed E-state index contributed by atoms with van der Waals surface area (Å²) in [6.07, 6.45) is 12.1. The fraction of sp³-hybridized carbons (Fsp3) is 0.481. The summed E-state index contributed by atoms with van der Waals surface area (Å²) >= 11 is 0. The third-order valence-corrected chi connectivity index (χ3v) is 7.36. The van der Waals surface area contributed by atoms with E-state index in [0.29, 0.717) is 5.92 Å². The van der Waals surface area contributed by atoms with E-state index in [1.54, 1.807) is 13.2 Å². The average Bonchev–Trinajstić information content (AvgIpc) is 2.77. The molecule has 2 aromatic rings. The lowest BCUT2D eigenvalue weighted by molar-refractivity contribution is 0.114. The van der Waals surface area contributed by atoms with Crippen molar-refractivity contribution in [1.82, 2.24) is 0 Å². The lowest BCUT2D eigenvalue weighted by atomic mass is 9.63. The molecule has 4 atom stereocenters. The minimum Gasteiger partial charge on any atom is -0.497 e. The van der Waals surface area contributed by atoms with Crippen molar-refractivity contribution in [3.05, 3.63) is 66.5 Å². The standard InChI is InChI=1S/C27H33FO/c1-3-4-5-19-6-7-22-17-24(9-8-21(22)16-19)26-15-12-23(18-27(26)28)20-10-13-25(29-2)14-11-20/h3,10-15,18-19,21-22,24H,1,4-9,16-17H2,2H3. The van der Waals surface area contributed by atoms with Gasteiger partial charge >= 0.3 is 0 Å².